The molecule has 4 rings (SSSR count). The van der Waals surface area contributed by atoms with Gasteiger partial charge in [-0.3, -0.25) is 13.9 Å². The van der Waals surface area contributed by atoms with Crippen LogP contribution in [-0.2, 0) is 21.2 Å². The van der Waals surface area contributed by atoms with E-state index in [1.165, 1.54) is 35.7 Å². The number of nitrogens with one attached hydrogen (secondary N) is 2. The van der Waals surface area contributed by atoms with Crippen LogP contribution < -0.4 is 15.1 Å². The Morgan fingerprint density at radius 3 is 2.64 bits per heavy atom. The molecule has 1 amide bonds. The highest BCUT2D eigenvalue weighted by molar-refractivity contribution is 7.92. The molecule has 0 radical (unpaired) electrons. The van der Waals surface area contributed by atoms with Gasteiger partial charge in [0.2, 0.25) is 5.43 Å². The fourth-order valence-corrected chi connectivity index (χ4v) is 5.09. The zero-order chi connectivity index (χ0) is 23.6. The molecule has 1 fully saturated rings. The molecule has 2 heterocycles. The summed E-state index contributed by atoms with van der Waals surface area (Å²) >= 11 is 0. The maximum Gasteiger partial charge on any atom is 0.264 e. The summed E-state index contributed by atoms with van der Waals surface area (Å²) in [5.74, 6) is -0.518. The summed E-state index contributed by atoms with van der Waals surface area (Å²) in [5.41, 5.74) is 1.47. The van der Waals surface area contributed by atoms with Crippen LogP contribution in [0.4, 0.5) is 5.69 Å². The number of amides is 1. The number of H-pyrrole nitrogens is 1. The molecule has 1 saturated heterocycles. The van der Waals surface area contributed by atoms with E-state index in [4.69, 9.17) is 4.74 Å². The third-order valence-corrected chi connectivity index (χ3v) is 7.76. The Balaban J connectivity index is 1.63. The molecule has 8 nitrogen and oxygen atoms in total. The smallest absolute Gasteiger partial charge is 0.264 e. The minimum atomic E-state index is -3.91. The van der Waals surface area contributed by atoms with E-state index >= 15 is 0 Å². The molecule has 0 bridgehead atoms. The van der Waals surface area contributed by atoms with Gasteiger partial charge in [-0.1, -0.05) is 19.1 Å². The number of fused-ring (bicyclic) bond motifs is 1. The molecule has 0 aliphatic carbocycles. The second-order valence-electron chi connectivity index (χ2n) is 8.08. The zero-order valence-electron chi connectivity index (χ0n) is 18.6. The zero-order valence-corrected chi connectivity index (χ0v) is 19.4. The van der Waals surface area contributed by atoms with Crippen LogP contribution in [0.2, 0.25) is 0 Å². The van der Waals surface area contributed by atoms with Crippen molar-refractivity contribution in [3.8, 4) is 0 Å². The van der Waals surface area contributed by atoms with E-state index in [-0.39, 0.29) is 21.9 Å². The highest BCUT2D eigenvalue weighted by atomic mass is 32.2. The van der Waals surface area contributed by atoms with Gasteiger partial charge in [0.25, 0.3) is 15.9 Å². The molecule has 0 spiro atoms. The van der Waals surface area contributed by atoms with Crippen LogP contribution in [0.25, 0.3) is 10.9 Å². The Bertz CT molecular complexity index is 1330. The summed E-state index contributed by atoms with van der Waals surface area (Å²) in [4.78, 5) is 28.5. The minimum absolute atomic E-state index is 0.0283. The van der Waals surface area contributed by atoms with Crippen LogP contribution in [0.3, 0.4) is 0 Å². The number of hydrogen-bond acceptors (Lipinski definition) is 5. The monoisotopic (exact) mass is 469 g/mol. The van der Waals surface area contributed by atoms with Crippen LogP contribution >= 0.6 is 0 Å². The number of sulfonamides is 1. The highest BCUT2D eigenvalue weighted by Crippen LogP contribution is 2.24. The molecule has 174 valence electrons. The molecule has 1 atom stereocenters. The van der Waals surface area contributed by atoms with Gasteiger partial charge in [-0.25, -0.2) is 8.42 Å². The summed E-state index contributed by atoms with van der Waals surface area (Å²) < 4.78 is 33.1. The SMILES string of the molecule is CCc1ccc(N(C)S(=O)(=O)c2ccc3[nH]cc(C(=O)NCC4CCCO4)c(=O)c3c2)cc1. The number of carbonyl (C=O) groups is 1. The topological polar surface area (TPSA) is 109 Å². The Morgan fingerprint density at radius 1 is 1.21 bits per heavy atom. The number of aryl methyl sites for hydroxylation is 1. The van der Waals surface area contributed by atoms with Gasteiger partial charge in [0.15, 0.2) is 0 Å². The average Bonchev–Trinajstić information content (AvgIpc) is 3.36. The summed E-state index contributed by atoms with van der Waals surface area (Å²) in [6.45, 7) is 3.02. The van der Waals surface area contributed by atoms with Crippen molar-refractivity contribution in [1.29, 1.82) is 0 Å². The molecule has 1 aliphatic heterocycles. The predicted octanol–water partition coefficient (Wildman–Crippen LogP) is 2.82. The molecule has 1 aliphatic rings. The van der Waals surface area contributed by atoms with Crippen molar-refractivity contribution >= 4 is 32.5 Å². The lowest BCUT2D eigenvalue weighted by Gasteiger charge is -2.20. The van der Waals surface area contributed by atoms with E-state index in [0.717, 1.165) is 24.8 Å². The van der Waals surface area contributed by atoms with Crippen LogP contribution in [0.5, 0.6) is 0 Å². The Labute approximate surface area is 192 Å². The number of ether oxygens (including phenoxy) is 1. The lowest BCUT2D eigenvalue weighted by atomic mass is 10.1. The standard InChI is InChI=1S/C24H27N3O5S/c1-3-16-6-8-17(9-7-16)27(2)33(30,31)19-10-11-22-20(13-19)23(28)21(15-25-22)24(29)26-14-18-5-4-12-32-18/h6-11,13,15,18H,3-5,12,14H2,1-2H3,(H,25,28)(H,26,29). The van der Waals surface area contributed by atoms with Gasteiger partial charge in [-0.05, 0) is 55.2 Å². The number of rotatable bonds is 7. The maximum absolute atomic E-state index is 13.2. The van der Waals surface area contributed by atoms with Crippen molar-refractivity contribution in [3.05, 3.63) is 70.0 Å². The van der Waals surface area contributed by atoms with Gasteiger partial charge in [-0.15, -0.1) is 0 Å². The van der Waals surface area contributed by atoms with Gasteiger partial charge in [0.05, 0.1) is 16.7 Å². The first-order valence-electron chi connectivity index (χ1n) is 10.9. The molecular weight excluding hydrogens is 442 g/mol. The van der Waals surface area contributed by atoms with Crippen molar-refractivity contribution in [3.63, 3.8) is 0 Å². The number of anilines is 1. The van der Waals surface area contributed by atoms with Gasteiger partial charge in [0.1, 0.15) is 5.56 Å². The molecule has 3 aromatic rings. The summed E-state index contributed by atoms with van der Waals surface area (Å²) in [7, 11) is -2.44. The highest BCUT2D eigenvalue weighted by Gasteiger charge is 2.23. The minimum Gasteiger partial charge on any atom is -0.376 e. The normalized spacial score (nSPS) is 16.1. The number of aromatic nitrogens is 1. The molecule has 9 heteroatoms. The number of benzene rings is 2. The Hall–Kier alpha value is -3.17. The number of aromatic amines is 1. The lowest BCUT2D eigenvalue weighted by molar-refractivity contribution is 0.0857. The van der Waals surface area contributed by atoms with E-state index in [9.17, 15) is 18.0 Å². The first kappa shape index (κ1) is 23.0. The van der Waals surface area contributed by atoms with Crippen molar-refractivity contribution in [1.82, 2.24) is 10.3 Å². The third kappa shape index (κ3) is 4.65. The van der Waals surface area contributed by atoms with Crippen molar-refractivity contribution < 1.29 is 17.9 Å². The van der Waals surface area contributed by atoms with Crippen LogP contribution in [-0.4, -0.2) is 45.6 Å². The number of hydrogen-bond donors (Lipinski definition) is 2. The number of nitrogens with zero attached hydrogens (tertiary/aromatic N) is 1. The maximum atomic E-state index is 13.2. The van der Waals surface area contributed by atoms with Crippen molar-refractivity contribution in [2.24, 2.45) is 0 Å². The van der Waals surface area contributed by atoms with Gasteiger partial charge < -0.3 is 15.0 Å². The van der Waals surface area contributed by atoms with E-state index in [1.807, 2.05) is 19.1 Å². The predicted molar refractivity (Wildman–Crippen MR) is 127 cm³/mol. The molecular formula is C24H27N3O5S. The average molecular weight is 470 g/mol. The first-order chi connectivity index (χ1) is 15.8. The molecule has 1 aromatic heterocycles. The lowest BCUT2D eigenvalue weighted by Crippen LogP contribution is -2.34. The number of pyridine rings is 1. The van der Waals surface area contributed by atoms with Gasteiger partial charge in [-0.2, -0.15) is 0 Å². The van der Waals surface area contributed by atoms with E-state index < -0.39 is 21.4 Å². The Morgan fingerprint density at radius 2 is 1.97 bits per heavy atom. The summed E-state index contributed by atoms with van der Waals surface area (Å²) in [5, 5.41) is 2.86. The quantitative estimate of drug-likeness (QED) is 0.553. The fourth-order valence-electron chi connectivity index (χ4n) is 3.87. The third-order valence-electron chi connectivity index (χ3n) is 5.98. The molecule has 2 N–H and O–H groups in total. The number of carbonyl (C=O) groups excluding carboxylic acids is 1. The van der Waals surface area contributed by atoms with E-state index in [2.05, 4.69) is 10.3 Å². The molecule has 33 heavy (non-hydrogen) atoms. The van der Waals surface area contributed by atoms with Gasteiger partial charge >= 0.3 is 0 Å². The van der Waals surface area contributed by atoms with Crippen LogP contribution in [0.15, 0.2) is 58.4 Å². The van der Waals surface area contributed by atoms with Crippen LogP contribution in [0, 0.1) is 0 Å². The van der Waals surface area contributed by atoms with Gasteiger partial charge in [0, 0.05) is 37.3 Å². The second kappa shape index (κ2) is 9.36. The van der Waals surface area contributed by atoms with Crippen LogP contribution in [0.1, 0.15) is 35.7 Å². The molecule has 1 unspecified atom stereocenters. The fraction of sp³-hybridized carbons (Fsp3) is 0.333. The summed E-state index contributed by atoms with van der Waals surface area (Å²) in [6, 6.07) is 11.6. The molecule has 2 aromatic carbocycles. The molecule has 0 saturated carbocycles. The summed E-state index contributed by atoms with van der Waals surface area (Å²) in [6.07, 6.45) is 3.97. The largest absolute Gasteiger partial charge is 0.376 e. The first-order valence-corrected chi connectivity index (χ1v) is 12.4. The Kier molecular flexibility index (Phi) is 6.53. The van der Waals surface area contributed by atoms with Crippen molar-refractivity contribution in [2.45, 2.75) is 37.2 Å². The van der Waals surface area contributed by atoms with Crippen molar-refractivity contribution in [2.75, 3.05) is 24.5 Å². The second-order valence-corrected chi connectivity index (χ2v) is 10.0. The van der Waals surface area contributed by atoms with E-state index in [1.54, 1.807) is 12.1 Å². The van der Waals surface area contributed by atoms with E-state index in [0.29, 0.717) is 24.4 Å².